The van der Waals surface area contributed by atoms with E-state index in [4.69, 9.17) is 4.74 Å². The van der Waals surface area contributed by atoms with E-state index in [2.05, 4.69) is 5.32 Å². The van der Waals surface area contributed by atoms with E-state index in [0.29, 0.717) is 11.3 Å². The lowest BCUT2D eigenvalue weighted by Gasteiger charge is -2.24. The van der Waals surface area contributed by atoms with Crippen molar-refractivity contribution in [3.8, 4) is 16.9 Å². The lowest BCUT2D eigenvalue weighted by molar-refractivity contribution is -0.122. The zero-order valence-electron chi connectivity index (χ0n) is 11.6. The standard InChI is InChI=1S/C16H14FNO2S/c1-9-16(19)18-14-8-11(7-13(17)15(14)20-9)10-4-3-5-12(6-10)21-2/h3-9H,1-2H3,(H,18,19)/t9-/m1/s1. The fraction of sp³-hybridized carbons (Fsp3) is 0.188. The van der Waals surface area contributed by atoms with Gasteiger partial charge in [-0.3, -0.25) is 4.79 Å². The van der Waals surface area contributed by atoms with Gasteiger partial charge in [0.05, 0.1) is 5.69 Å². The maximum atomic E-state index is 14.2. The number of amides is 1. The van der Waals surface area contributed by atoms with Crippen LogP contribution in [-0.4, -0.2) is 18.3 Å². The van der Waals surface area contributed by atoms with Crippen molar-refractivity contribution in [1.82, 2.24) is 0 Å². The topological polar surface area (TPSA) is 38.3 Å². The predicted molar refractivity (Wildman–Crippen MR) is 82.3 cm³/mol. The van der Waals surface area contributed by atoms with Crippen LogP contribution < -0.4 is 10.1 Å². The summed E-state index contributed by atoms with van der Waals surface area (Å²) in [6, 6.07) is 11.0. The quantitative estimate of drug-likeness (QED) is 0.854. The number of thioether (sulfide) groups is 1. The van der Waals surface area contributed by atoms with E-state index in [0.717, 1.165) is 10.5 Å². The Morgan fingerprint density at radius 2 is 2.05 bits per heavy atom. The van der Waals surface area contributed by atoms with E-state index >= 15 is 0 Å². The van der Waals surface area contributed by atoms with Crippen LogP contribution >= 0.6 is 11.8 Å². The zero-order chi connectivity index (χ0) is 15.0. The average molecular weight is 303 g/mol. The Labute approximate surface area is 126 Å². The summed E-state index contributed by atoms with van der Waals surface area (Å²) in [7, 11) is 0. The van der Waals surface area contributed by atoms with Crippen molar-refractivity contribution in [3.63, 3.8) is 0 Å². The molecule has 0 fully saturated rings. The van der Waals surface area contributed by atoms with E-state index in [1.807, 2.05) is 30.5 Å². The number of carbonyl (C=O) groups is 1. The number of hydrogen-bond donors (Lipinski definition) is 1. The second kappa shape index (κ2) is 5.41. The molecule has 1 aliphatic rings. The second-order valence-electron chi connectivity index (χ2n) is 4.82. The molecule has 0 saturated carbocycles. The molecular weight excluding hydrogens is 289 g/mol. The smallest absolute Gasteiger partial charge is 0.265 e. The highest BCUT2D eigenvalue weighted by Gasteiger charge is 2.26. The number of rotatable bonds is 2. The van der Waals surface area contributed by atoms with Gasteiger partial charge in [-0.05, 0) is 48.6 Å². The van der Waals surface area contributed by atoms with Crippen molar-refractivity contribution < 1.29 is 13.9 Å². The second-order valence-corrected chi connectivity index (χ2v) is 5.70. The summed E-state index contributed by atoms with van der Waals surface area (Å²) in [4.78, 5) is 12.8. The van der Waals surface area contributed by atoms with Gasteiger partial charge in [-0.15, -0.1) is 11.8 Å². The van der Waals surface area contributed by atoms with Gasteiger partial charge in [-0.1, -0.05) is 12.1 Å². The molecule has 1 aliphatic heterocycles. The van der Waals surface area contributed by atoms with Crippen molar-refractivity contribution in [2.75, 3.05) is 11.6 Å². The number of halogens is 1. The van der Waals surface area contributed by atoms with Crippen LogP contribution in [0, 0.1) is 5.82 Å². The van der Waals surface area contributed by atoms with Gasteiger partial charge < -0.3 is 10.1 Å². The third-order valence-electron chi connectivity index (χ3n) is 3.37. The molecule has 0 aliphatic carbocycles. The zero-order valence-corrected chi connectivity index (χ0v) is 12.5. The number of fused-ring (bicyclic) bond motifs is 1. The molecule has 1 amide bonds. The van der Waals surface area contributed by atoms with E-state index in [-0.39, 0.29) is 11.7 Å². The van der Waals surface area contributed by atoms with Crippen molar-refractivity contribution in [3.05, 3.63) is 42.2 Å². The lowest BCUT2D eigenvalue weighted by atomic mass is 10.0. The van der Waals surface area contributed by atoms with Gasteiger partial charge in [-0.2, -0.15) is 0 Å². The summed E-state index contributed by atoms with van der Waals surface area (Å²) in [5, 5.41) is 2.68. The first-order valence-corrected chi connectivity index (χ1v) is 7.76. The highest BCUT2D eigenvalue weighted by atomic mass is 32.2. The molecule has 3 nitrogen and oxygen atoms in total. The lowest BCUT2D eigenvalue weighted by Crippen LogP contribution is -2.34. The molecule has 1 N–H and O–H groups in total. The highest BCUT2D eigenvalue weighted by Crippen LogP contribution is 2.37. The average Bonchev–Trinajstić information content (AvgIpc) is 2.49. The van der Waals surface area contributed by atoms with Gasteiger partial charge in [0.15, 0.2) is 17.7 Å². The number of anilines is 1. The molecule has 5 heteroatoms. The Balaban J connectivity index is 2.07. The summed E-state index contributed by atoms with van der Waals surface area (Å²) in [5.41, 5.74) is 1.99. The summed E-state index contributed by atoms with van der Waals surface area (Å²) < 4.78 is 19.5. The number of nitrogens with one attached hydrogen (secondary N) is 1. The van der Waals surface area contributed by atoms with Crippen LogP contribution in [0.25, 0.3) is 11.1 Å². The van der Waals surface area contributed by atoms with Crippen molar-refractivity contribution in [1.29, 1.82) is 0 Å². The summed E-state index contributed by atoms with van der Waals surface area (Å²) in [6.07, 6.45) is 1.31. The molecule has 1 atom stereocenters. The van der Waals surface area contributed by atoms with E-state index in [9.17, 15) is 9.18 Å². The summed E-state index contributed by atoms with van der Waals surface area (Å²) in [6.45, 7) is 1.59. The first kappa shape index (κ1) is 13.9. The van der Waals surface area contributed by atoms with Gasteiger partial charge in [0.1, 0.15) is 0 Å². The Hall–Kier alpha value is -2.01. The SMILES string of the molecule is CSc1cccc(-c2cc(F)c3c(c2)NC(=O)[C@@H](C)O3)c1. The molecule has 108 valence electrons. The van der Waals surface area contributed by atoms with Gasteiger partial charge in [0.2, 0.25) is 0 Å². The molecule has 2 aromatic carbocycles. The van der Waals surface area contributed by atoms with Crippen LogP contribution in [0.4, 0.5) is 10.1 Å². The molecule has 0 saturated heterocycles. The monoisotopic (exact) mass is 303 g/mol. The van der Waals surface area contributed by atoms with Gasteiger partial charge in [0.25, 0.3) is 5.91 Å². The van der Waals surface area contributed by atoms with Crippen LogP contribution in [0.15, 0.2) is 41.3 Å². The predicted octanol–water partition coefficient (Wildman–Crippen LogP) is 3.93. The first-order valence-electron chi connectivity index (χ1n) is 6.54. The molecule has 0 bridgehead atoms. The van der Waals surface area contributed by atoms with Crippen LogP contribution in [0.3, 0.4) is 0 Å². The minimum Gasteiger partial charge on any atom is -0.476 e. The molecule has 1 heterocycles. The number of benzene rings is 2. The molecule has 0 radical (unpaired) electrons. The van der Waals surface area contributed by atoms with Crippen molar-refractivity contribution in [2.24, 2.45) is 0 Å². The van der Waals surface area contributed by atoms with Crippen LogP contribution in [0.2, 0.25) is 0 Å². The Morgan fingerprint density at radius 3 is 2.81 bits per heavy atom. The first-order chi connectivity index (χ1) is 10.1. The minimum atomic E-state index is -0.683. The number of ether oxygens (including phenoxy) is 1. The maximum Gasteiger partial charge on any atom is 0.265 e. The Bertz CT molecular complexity index is 717. The number of hydrogen-bond acceptors (Lipinski definition) is 3. The maximum absolute atomic E-state index is 14.2. The molecule has 0 unspecified atom stereocenters. The number of carbonyl (C=O) groups excluding carboxylic acids is 1. The fourth-order valence-electron chi connectivity index (χ4n) is 2.24. The molecule has 21 heavy (non-hydrogen) atoms. The Morgan fingerprint density at radius 1 is 1.24 bits per heavy atom. The molecule has 0 spiro atoms. The van der Waals surface area contributed by atoms with E-state index < -0.39 is 11.9 Å². The van der Waals surface area contributed by atoms with Gasteiger partial charge >= 0.3 is 0 Å². The third kappa shape index (κ3) is 2.61. The third-order valence-corrected chi connectivity index (χ3v) is 4.09. The normalized spacial score (nSPS) is 16.9. The highest BCUT2D eigenvalue weighted by molar-refractivity contribution is 7.98. The molecular formula is C16H14FNO2S. The fourth-order valence-corrected chi connectivity index (χ4v) is 2.70. The van der Waals surface area contributed by atoms with Crippen LogP contribution in [0.5, 0.6) is 5.75 Å². The van der Waals surface area contributed by atoms with Crippen LogP contribution in [0.1, 0.15) is 6.92 Å². The van der Waals surface area contributed by atoms with Crippen molar-refractivity contribution >= 4 is 23.4 Å². The minimum absolute atomic E-state index is 0.104. The van der Waals surface area contributed by atoms with Crippen LogP contribution in [-0.2, 0) is 4.79 Å². The van der Waals surface area contributed by atoms with E-state index in [1.54, 1.807) is 24.8 Å². The van der Waals surface area contributed by atoms with Gasteiger partial charge in [-0.25, -0.2) is 4.39 Å². The largest absolute Gasteiger partial charge is 0.476 e. The van der Waals surface area contributed by atoms with E-state index in [1.165, 1.54) is 6.07 Å². The summed E-state index contributed by atoms with van der Waals surface area (Å²) >= 11 is 1.62. The van der Waals surface area contributed by atoms with Crippen molar-refractivity contribution in [2.45, 2.75) is 17.9 Å². The van der Waals surface area contributed by atoms with Gasteiger partial charge in [0, 0.05) is 4.90 Å². The Kier molecular flexibility index (Phi) is 3.59. The molecule has 0 aromatic heterocycles. The molecule has 3 rings (SSSR count). The molecule has 2 aromatic rings. The summed E-state index contributed by atoms with van der Waals surface area (Å²) in [5.74, 6) is -0.632.